The first kappa shape index (κ1) is 22.9. The molecule has 2 N–H and O–H groups in total. The lowest BCUT2D eigenvalue weighted by atomic mass is 9.77. The molecule has 172 valence electrons. The molecule has 1 aliphatic rings. The van der Waals surface area contributed by atoms with Gasteiger partial charge in [-0.15, -0.1) is 0 Å². The van der Waals surface area contributed by atoms with Gasteiger partial charge in [0.25, 0.3) is 5.91 Å². The van der Waals surface area contributed by atoms with Crippen LogP contribution < -0.4 is 10.5 Å². The molecule has 0 saturated carbocycles. The molecule has 7 nitrogen and oxygen atoms in total. The van der Waals surface area contributed by atoms with E-state index in [1.54, 1.807) is 24.0 Å². The highest BCUT2D eigenvalue weighted by molar-refractivity contribution is 6.33. The summed E-state index contributed by atoms with van der Waals surface area (Å²) in [5.74, 6) is 0.498. The molecule has 2 aromatic carbocycles. The first-order valence-corrected chi connectivity index (χ1v) is 11.2. The number of likely N-dealkylation sites (tertiary alicyclic amines) is 1. The normalized spacial score (nSPS) is 18.2. The highest BCUT2D eigenvalue weighted by Gasteiger charge is 2.41. The molecule has 33 heavy (non-hydrogen) atoms. The van der Waals surface area contributed by atoms with E-state index in [9.17, 15) is 9.59 Å². The van der Waals surface area contributed by atoms with Crippen LogP contribution in [-0.2, 0) is 4.79 Å². The molecule has 1 aromatic heterocycles. The van der Waals surface area contributed by atoms with Gasteiger partial charge in [0.05, 0.1) is 11.6 Å². The number of primary amides is 1. The highest BCUT2D eigenvalue weighted by Crippen LogP contribution is 2.37. The largest absolute Gasteiger partial charge is 0.493 e. The van der Waals surface area contributed by atoms with Crippen LogP contribution in [0.25, 0.3) is 11.3 Å². The maximum atomic E-state index is 13.7. The first-order valence-electron chi connectivity index (χ1n) is 10.9. The van der Waals surface area contributed by atoms with Crippen molar-refractivity contribution in [2.24, 2.45) is 11.1 Å². The Morgan fingerprint density at radius 3 is 2.64 bits per heavy atom. The predicted octanol–water partition coefficient (Wildman–Crippen LogP) is 4.48. The summed E-state index contributed by atoms with van der Waals surface area (Å²) in [5, 5.41) is 4.60. The molecule has 0 radical (unpaired) electrons. The van der Waals surface area contributed by atoms with Gasteiger partial charge < -0.3 is 19.9 Å². The van der Waals surface area contributed by atoms with E-state index >= 15 is 0 Å². The third-order valence-electron chi connectivity index (χ3n) is 5.99. The summed E-state index contributed by atoms with van der Waals surface area (Å²) < 4.78 is 11.4. The van der Waals surface area contributed by atoms with Gasteiger partial charge in [0.15, 0.2) is 0 Å². The van der Waals surface area contributed by atoms with Crippen LogP contribution in [-0.4, -0.2) is 41.6 Å². The molecule has 1 saturated heterocycles. The third-order valence-corrected chi connectivity index (χ3v) is 6.32. The predicted molar refractivity (Wildman–Crippen MR) is 125 cm³/mol. The maximum Gasteiger partial charge on any atom is 0.259 e. The Labute approximate surface area is 197 Å². The van der Waals surface area contributed by atoms with Crippen molar-refractivity contribution in [1.82, 2.24) is 10.1 Å². The average Bonchev–Trinajstić information content (AvgIpc) is 3.19. The molecule has 4 rings (SSSR count). The fourth-order valence-corrected chi connectivity index (χ4v) is 4.66. The van der Waals surface area contributed by atoms with Gasteiger partial charge in [-0.3, -0.25) is 9.59 Å². The van der Waals surface area contributed by atoms with Crippen LogP contribution >= 0.6 is 11.6 Å². The molecule has 8 heteroatoms. The van der Waals surface area contributed by atoms with E-state index in [0.717, 1.165) is 12.8 Å². The van der Waals surface area contributed by atoms with Crippen LogP contribution in [0.2, 0.25) is 5.02 Å². The molecule has 3 aromatic rings. The van der Waals surface area contributed by atoms with Crippen LogP contribution in [0.1, 0.15) is 35.4 Å². The van der Waals surface area contributed by atoms with Gasteiger partial charge in [0.1, 0.15) is 22.8 Å². The van der Waals surface area contributed by atoms with Crippen LogP contribution in [0.15, 0.2) is 59.1 Å². The number of piperidine rings is 1. The van der Waals surface area contributed by atoms with Gasteiger partial charge in [-0.2, -0.15) is 0 Å². The number of ether oxygens (including phenoxy) is 1. The zero-order valence-corrected chi connectivity index (χ0v) is 19.2. The monoisotopic (exact) mass is 467 g/mol. The summed E-state index contributed by atoms with van der Waals surface area (Å²) in [5.41, 5.74) is 6.44. The molecule has 1 aliphatic heterocycles. The fourth-order valence-electron chi connectivity index (χ4n) is 4.44. The van der Waals surface area contributed by atoms with E-state index in [1.165, 1.54) is 0 Å². The zero-order chi connectivity index (χ0) is 23.4. The summed E-state index contributed by atoms with van der Waals surface area (Å²) in [6.45, 7) is 2.88. The Hall–Kier alpha value is -3.32. The number of rotatable bonds is 7. The topological polar surface area (TPSA) is 98.7 Å². The molecule has 0 spiro atoms. The standard InChI is InChI=1S/C25H26ClN3O4/c1-17-22(23(28-33-17)19-10-5-6-11-20(19)26)24(31)29-13-7-12-25(15-29,14-21(27)30)16-32-18-8-3-2-4-9-18/h2-6,8-11H,7,12-16H2,1H3,(H2,27,30). The fraction of sp³-hybridized carbons (Fsp3) is 0.320. The summed E-state index contributed by atoms with van der Waals surface area (Å²) in [6, 6.07) is 16.6. The zero-order valence-electron chi connectivity index (χ0n) is 18.4. The van der Waals surface area contributed by atoms with Crippen molar-refractivity contribution in [3.63, 3.8) is 0 Å². The number of nitrogens with two attached hydrogens (primary N) is 1. The maximum absolute atomic E-state index is 13.7. The van der Waals surface area contributed by atoms with Crippen molar-refractivity contribution >= 4 is 23.4 Å². The van der Waals surface area contributed by atoms with E-state index in [0.29, 0.717) is 46.4 Å². The van der Waals surface area contributed by atoms with Gasteiger partial charge >= 0.3 is 0 Å². The molecule has 1 fully saturated rings. The smallest absolute Gasteiger partial charge is 0.259 e. The van der Waals surface area contributed by atoms with Gasteiger partial charge in [-0.05, 0) is 38.0 Å². The van der Waals surface area contributed by atoms with Crippen LogP contribution in [0.3, 0.4) is 0 Å². The summed E-state index contributed by atoms with van der Waals surface area (Å²) >= 11 is 6.36. The molecule has 1 unspecified atom stereocenters. The third kappa shape index (κ3) is 5.03. The van der Waals surface area contributed by atoms with Crippen molar-refractivity contribution in [3.05, 3.63) is 70.9 Å². The van der Waals surface area contributed by atoms with Gasteiger partial charge in [-0.1, -0.05) is 53.2 Å². The van der Waals surface area contributed by atoms with Gasteiger partial charge in [0, 0.05) is 30.5 Å². The van der Waals surface area contributed by atoms with Crippen molar-refractivity contribution in [2.75, 3.05) is 19.7 Å². The second kappa shape index (κ2) is 9.67. The number of amides is 2. The minimum absolute atomic E-state index is 0.129. The molecule has 2 heterocycles. The van der Waals surface area contributed by atoms with E-state index < -0.39 is 11.3 Å². The highest BCUT2D eigenvalue weighted by atomic mass is 35.5. The van der Waals surface area contributed by atoms with Crippen molar-refractivity contribution < 1.29 is 18.8 Å². The molecule has 2 amide bonds. The number of aryl methyl sites for hydroxylation is 1. The lowest BCUT2D eigenvalue weighted by molar-refractivity contribution is -0.122. The second-order valence-electron chi connectivity index (χ2n) is 8.52. The number of carbonyl (C=O) groups excluding carboxylic acids is 2. The number of nitrogens with zero attached hydrogens (tertiary/aromatic N) is 2. The van der Waals surface area contributed by atoms with Crippen molar-refractivity contribution in [1.29, 1.82) is 0 Å². The number of para-hydroxylation sites is 1. The van der Waals surface area contributed by atoms with Crippen LogP contribution in [0.4, 0.5) is 0 Å². The Morgan fingerprint density at radius 2 is 1.91 bits per heavy atom. The van der Waals surface area contributed by atoms with Gasteiger partial charge in [0.2, 0.25) is 5.91 Å². The Bertz CT molecular complexity index is 1150. The van der Waals surface area contributed by atoms with Crippen LogP contribution in [0, 0.1) is 12.3 Å². The second-order valence-corrected chi connectivity index (χ2v) is 8.92. The van der Waals surface area contributed by atoms with Crippen molar-refractivity contribution in [2.45, 2.75) is 26.2 Å². The summed E-state index contributed by atoms with van der Waals surface area (Å²) in [4.78, 5) is 27.3. The lowest BCUT2D eigenvalue weighted by Gasteiger charge is -2.42. The summed E-state index contributed by atoms with van der Waals surface area (Å²) in [7, 11) is 0. The first-order chi connectivity index (χ1) is 15.9. The number of hydrogen-bond acceptors (Lipinski definition) is 5. The van der Waals surface area contributed by atoms with E-state index in [4.69, 9.17) is 26.6 Å². The van der Waals surface area contributed by atoms with E-state index in [-0.39, 0.29) is 18.9 Å². The Balaban J connectivity index is 1.60. The number of hydrogen-bond donors (Lipinski definition) is 1. The molecular formula is C25H26ClN3O4. The summed E-state index contributed by atoms with van der Waals surface area (Å²) in [6.07, 6.45) is 1.58. The molecular weight excluding hydrogens is 442 g/mol. The number of benzene rings is 2. The minimum atomic E-state index is -0.578. The Morgan fingerprint density at radius 1 is 1.18 bits per heavy atom. The van der Waals surface area contributed by atoms with Crippen molar-refractivity contribution in [3.8, 4) is 17.0 Å². The number of aromatic nitrogens is 1. The minimum Gasteiger partial charge on any atom is -0.493 e. The van der Waals surface area contributed by atoms with Crippen LogP contribution in [0.5, 0.6) is 5.75 Å². The van der Waals surface area contributed by atoms with E-state index in [2.05, 4.69) is 5.16 Å². The van der Waals surface area contributed by atoms with E-state index in [1.807, 2.05) is 42.5 Å². The SMILES string of the molecule is Cc1onc(-c2ccccc2Cl)c1C(=O)N1CCCC(COc2ccccc2)(CC(N)=O)C1. The average molecular weight is 468 g/mol. The lowest BCUT2D eigenvalue weighted by Crippen LogP contribution is -2.50. The molecule has 1 atom stereocenters. The molecule has 0 bridgehead atoms. The number of halogens is 1. The van der Waals surface area contributed by atoms with Gasteiger partial charge in [-0.25, -0.2) is 0 Å². The molecule has 0 aliphatic carbocycles. The number of carbonyl (C=O) groups is 2. The quantitative estimate of drug-likeness (QED) is 0.552. The Kier molecular flexibility index (Phi) is 6.70.